The molecule has 0 aliphatic carbocycles. The standard InChI is InChI=1S/C25H20NSi.C11H8N.Ir/c1-27(2)24-12-4-3-10-21(24)22-17-19(13-14-25(22)27)18-8-7-9-20(16-18)23-11-5-6-15-26-23;1-2-6-10(7-3-1)11-8-4-5-9-12-11;/h3-8,10-17H,1-2H3;1-6,8-9H;/q2*-1;. The van der Waals surface area contributed by atoms with E-state index in [1.807, 2.05) is 72.9 Å². The predicted octanol–water partition coefficient (Wildman–Crippen LogP) is 7.57. The normalized spacial score (nSPS) is 12.2. The van der Waals surface area contributed by atoms with Crippen molar-refractivity contribution in [3.8, 4) is 44.8 Å². The van der Waals surface area contributed by atoms with Crippen LogP contribution >= 0.6 is 0 Å². The van der Waals surface area contributed by atoms with E-state index in [0.717, 1.165) is 22.5 Å². The molecule has 1 aliphatic rings. The van der Waals surface area contributed by atoms with E-state index >= 15 is 0 Å². The maximum absolute atomic E-state index is 4.46. The molecular formula is C36H28IrN2Si-2. The van der Waals surface area contributed by atoms with Crippen molar-refractivity contribution in [3.63, 3.8) is 0 Å². The van der Waals surface area contributed by atoms with Crippen LogP contribution in [0.1, 0.15) is 0 Å². The summed E-state index contributed by atoms with van der Waals surface area (Å²) in [6.07, 6.45) is 3.62. The Kier molecular flexibility index (Phi) is 8.32. The zero-order valence-corrected chi connectivity index (χ0v) is 25.8. The Bertz CT molecular complexity index is 1680. The van der Waals surface area contributed by atoms with Crippen LogP contribution in [0.4, 0.5) is 0 Å². The number of rotatable bonds is 3. The monoisotopic (exact) mass is 709 g/mol. The minimum absolute atomic E-state index is 0. The molecule has 197 valence electrons. The third-order valence-electron chi connectivity index (χ3n) is 7.31. The van der Waals surface area contributed by atoms with Crippen molar-refractivity contribution in [2.45, 2.75) is 13.1 Å². The zero-order valence-electron chi connectivity index (χ0n) is 22.4. The van der Waals surface area contributed by atoms with Crippen molar-refractivity contribution in [2.24, 2.45) is 0 Å². The van der Waals surface area contributed by atoms with Crippen molar-refractivity contribution in [2.75, 3.05) is 0 Å². The Morgan fingerprint density at radius 3 is 1.85 bits per heavy atom. The first-order chi connectivity index (χ1) is 19.1. The molecule has 2 nitrogen and oxygen atoms in total. The molecule has 0 saturated heterocycles. The number of hydrogen-bond donors (Lipinski definition) is 0. The maximum atomic E-state index is 4.46. The Balaban J connectivity index is 0.000000209. The number of benzene rings is 4. The summed E-state index contributed by atoms with van der Waals surface area (Å²) in [4.78, 5) is 8.68. The molecule has 0 bridgehead atoms. The summed E-state index contributed by atoms with van der Waals surface area (Å²) in [6.45, 7) is 4.90. The van der Waals surface area contributed by atoms with Crippen LogP contribution in [0, 0.1) is 12.1 Å². The van der Waals surface area contributed by atoms with Gasteiger partial charge in [-0.15, -0.1) is 71.3 Å². The second-order valence-electron chi connectivity index (χ2n) is 10.1. The Hall–Kier alpha value is -3.95. The molecule has 4 heteroatoms. The van der Waals surface area contributed by atoms with Gasteiger partial charge in [0.05, 0.1) is 0 Å². The van der Waals surface area contributed by atoms with E-state index < -0.39 is 8.07 Å². The summed E-state index contributed by atoms with van der Waals surface area (Å²) in [6, 6.07) is 48.4. The molecule has 40 heavy (non-hydrogen) atoms. The van der Waals surface area contributed by atoms with Crippen LogP contribution in [0.25, 0.3) is 44.8 Å². The van der Waals surface area contributed by atoms with Gasteiger partial charge in [-0.25, -0.2) is 0 Å². The van der Waals surface area contributed by atoms with E-state index in [1.165, 1.54) is 22.3 Å². The van der Waals surface area contributed by atoms with E-state index in [-0.39, 0.29) is 20.1 Å². The quantitative estimate of drug-likeness (QED) is 0.140. The topological polar surface area (TPSA) is 25.8 Å². The Morgan fingerprint density at radius 1 is 0.525 bits per heavy atom. The number of aromatic nitrogens is 2. The molecule has 0 saturated carbocycles. The molecule has 3 heterocycles. The molecule has 0 atom stereocenters. The second kappa shape index (κ2) is 12.1. The molecule has 0 amide bonds. The van der Waals surface area contributed by atoms with Gasteiger partial charge in [0.15, 0.2) is 0 Å². The van der Waals surface area contributed by atoms with Crippen LogP contribution in [0.2, 0.25) is 13.1 Å². The third kappa shape index (κ3) is 5.52. The van der Waals surface area contributed by atoms with Crippen LogP contribution in [0.5, 0.6) is 0 Å². The van der Waals surface area contributed by atoms with Gasteiger partial charge in [-0.2, -0.15) is 0 Å². The van der Waals surface area contributed by atoms with E-state index in [1.54, 1.807) is 16.6 Å². The summed E-state index contributed by atoms with van der Waals surface area (Å²) in [5, 5.41) is 3.09. The van der Waals surface area contributed by atoms with Gasteiger partial charge in [-0.3, -0.25) is 0 Å². The molecule has 4 aromatic carbocycles. The minimum Gasteiger partial charge on any atom is -0.305 e. The molecule has 1 radical (unpaired) electrons. The van der Waals surface area contributed by atoms with Crippen LogP contribution in [-0.4, -0.2) is 18.0 Å². The van der Waals surface area contributed by atoms with Crippen molar-refractivity contribution in [1.29, 1.82) is 0 Å². The minimum atomic E-state index is -1.59. The van der Waals surface area contributed by atoms with Crippen molar-refractivity contribution in [1.82, 2.24) is 9.97 Å². The van der Waals surface area contributed by atoms with Crippen molar-refractivity contribution in [3.05, 3.63) is 146 Å². The Labute approximate surface area is 251 Å². The first-order valence-electron chi connectivity index (χ1n) is 13.2. The van der Waals surface area contributed by atoms with E-state index in [2.05, 4.69) is 89.8 Å². The number of fused-ring (bicyclic) bond motifs is 3. The molecular weight excluding hydrogens is 681 g/mol. The van der Waals surface area contributed by atoms with Crippen molar-refractivity contribution >= 4 is 18.4 Å². The van der Waals surface area contributed by atoms with Crippen LogP contribution in [0.15, 0.2) is 134 Å². The van der Waals surface area contributed by atoms with Gasteiger partial charge in [-0.1, -0.05) is 73.8 Å². The molecule has 7 rings (SSSR count). The second-order valence-corrected chi connectivity index (χ2v) is 14.5. The van der Waals surface area contributed by atoms with Gasteiger partial charge in [0.25, 0.3) is 0 Å². The predicted molar refractivity (Wildman–Crippen MR) is 165 cm³/mol. The smallest absolute Gasteiger partial charge is 0.113 e. The van der Waals surface area contributed by atoms with Crippen LogP contribution < -0.4 is 10.4 Å². The maximum Gasteiger partial charge on any atom is 0.113 e. The molecule has 1 aliphatic heterocycles. The van der Waals surface area contributed by atoms with Gasteiger partial charge in [0.2, 0.25) is 0 Å². The third-order valence-corrected chi connectivity index (χ3v) is 10.9. The van der Waals surface area contributed by atoms with E-state index in [0.29, 0.717) is 0 Å². The van der Waals surface area contributed by atoms with Crippen LogP contribution in [-0.2, 0) is 20.1 Å². The molecule has 2 aromatic heterocycles. The summed E-state index contributed by atoms with van der Waals surface area (Å²) >= 11 is 0. The van der Waals surface area contributed by atoms with Crippen molar-refractivity contribution < 1.29 is 20.1 Å². The van der Waals surface area contributed by atoms with E-state index in [4.69, 9.17) is 0 Å². The van der Waals surface area contributed by atoms with E-state index in [9.17, 15) is 0 Å². The average molecular weight is 709 g/mol. The number of nitrogens with zero attached hydrogens (tertiary/aromatic N) is 2. The summed E-state index contributed by atoms with van der Waals surface area (Å²) in [7, 11) is -1.59. The average Bonchev–Trinajstić information content (AvgIpc) is 3.25. The SMILES string of the molecule is C[Si]1(C)c2ccccc2-c2cc(-c3cc[c-]c(-c4ccccn4)c3)ccc21.[Ir].[c-]1ccccc1-c1ccccn1. The fraction of sp³-hybridized carbons (Fsp3) is 0.0556. The fourth-order valence-electron chi connectivity index (χ4n) is 5.29. The number of hydrogen-bond acceptors (Lipinski definition) is 2. The summed E-state index contributed by atoms with van der Waals surface area (Å²) in [5.74, 6) is 0. The van der Waals surface area contributed by atoms with Crippen LogP contribution in [0.3, 0.4) is 0 Å². The van der Waals surface area contributed by atoms with Gasteiger partial charge < -0.3 is 9.97 Å². The van der Waals surface area contributed by atoms with Gasteiger partial charge in [0, 0.05) is 32.5 Å². The molecule has 0 fully saturated rings. The molecule has 0 N–H and O–H groups in total. The summed E-state index contributed by atoms with van der Waals surface area (Å²) < 4.78 is 0. The first-order valence-corrected chi connectivity index (χ1v) is 16.2. The van der Waals surface area contributed by atoms with Gasteiger partial charge in [0.1, 0.15) is 8.07 Å². The Morgan fingerprint density at radius 2 is 1.15 bits per heavy atom. The molecule has 0 spiro atoms. The first kappa shape index (κ1) is 27.6. The number of pyridine rings is 2. The summed E-state index contributed by atoms with van der Waals surface area (Å²) in [5.41, 5.74) is 9.28. The van der Waals surface area contributed by atoms with Gasteiger partial charge in [-0.05, 0) is 56.7 Å². The zero-order chi connectivity index (χ0) is 26.7. The van der Waals surface area contributed by atoms with Gasteiger partial charge >= 0.3 is 0 Å². The fourth-order valence-corrected chi connectivity index (χ4v) is 8.37. The largest absolute Gasteiger partial charge is 0.305 e. The molecule has 0 unspecified atom stereocenters. The molecule has 6 aromatic rings.